The third-order valence-corrected chi connectivity index (χ3v) is 7.98. The van der Waals surface area contributed by atoms with Crippen LogP contribution >= 0.6 is 11.3 Å². The van der Waals surface area contributed by atoms with Gasteiger partial charge >= 0.3 is 11.0 Å². The number of amides is 1. The largest absolute Gasteiger partial charge is 0.490 e. The highest BCUT2D eigenvalue weighted by Gasteiger charge is 2.53. The highest BCUT2D eigenvalue weighted by atomic mass is 32.1. The number of benzene rings is 2. The van der Waals surface area contributed by atoms with Crippen LogP contribution in [0.3, 0.4) is 0 Å². The second-order valence-electron chi connectivity index (χ2n) is 11.6. The van der Waals surface area contributed by atoms with Gasteiger partial charge in [0.05, 0.1) is 16.0 Å². The average Bonchev–Trinajstić information content (AvgIpc) is 3.39. The number of aromatic nitrogens is 1. The van der Waals surface area contributed by atoms with Crippen molar-refractivity contribution in [2.45, 2.75) is 48.5 Å². The quantitative estimate of drug-likeness (QED) is 0.0847. The normalized spacial score (nSPS) is 12.3. The third kappa shape index (κ3) is 7.72. The number of nitrogens with one attached hydrogen (secondary N) is 1. The van der Waals surface area contributed by atoms with Crippen LogP contribution in [-0.2, 0) is 9.53 Å². The molecule has 1 aromatic heterocycles. The predicted molar refractivity (Wildman–Crippen MR) is 157 cm³/mol. The maximum absolute atomic E-state index is 13.0. The van der Waals surface area contributed by atoms with Crippen LogP contribution in [0.2, 0.25) is 0 Å². The van der Waals surface area contributed by atoms with E-state index in [1.807, 2.05) is 48.5 Å². The zero-order chi connectivity index (χ0) is 30.4. The van der Waals surface area contributed by atoms with Crippen molar-refractivity contribution in [2.75, 3.05) is 18.5 Å². The van der Waals surface area contributed by atoms with Gasteiger partial charge in [-0.05, 0) is 77.6 Å². The van der Waals surface area contributed by atoms with E-state index in [4.69, 9.17) is 9.47 Å². The molecule has 0 spiro atoms. The smallest absolute Gasteiger partial charge is 0.345 e. The summed E-state index contributed by atoms with van der Waals surface area (Å²) in [4.78, 5) is 39.7. The van der Waals surface area contributed by atoms with Gasteiger partial charge in [-0.3, -0.25) is 19.7 Å². The molecule has 1 heterocycles. The number of anilines is 1. The molecule has 41 heavy (non-hydrogen) atoms. The number of esters is 1. The number of ether oxygens (including phenoxy) is 2. The summed E-state index contributed by atoms with van der Waals surface area (Å²) in [5, 5.41) is 21.5. The van der Waals surface area contributed by atoms with Crippen molar-refractivity contribution in [2.24, 2.45) is 26.5 Å². The van der Waals surface area contributed by atoms with Gasteiger partial charge in [-0.2, -0.15) is 0 Å². The minimum absolute atomic E-state index is 0.113. The lowest BCUT2D eigenvalue weighted by Crippen LogP contribution is -2.51. The maximum atomic E-state index is 13.0. The molecule has 0 fully saturated rings. The van der Waals surface area contributed by atoms with Gasteiger partial charge < -0.3 is 14.8 Å². The number of hydrogen-bond acceptors (Lipinski definition) is 10. The lowest BCUT2D eigenvalue weighted by molar-refractivity contribution is -0.380. The molecule has 0 bridgehead atoms. The number of rotatable bonds is 10. The highest BCUT2D eigenvalue weighted by molar-refractivity contribution is 7.18. The van der Waals surface area contributed by atoms with Gasteiger partial charge in [0.25, 0.3) is 5.91 Å². The predicted octanol–water partition coefficient (Wildman–Crippen LogP) is 7.74. The number of hydrogen-bond donors (Lipinski definition) is 1. The Bertz CT molecular complexity index is 1390. The third-order valence-electron chi connectivity index (χ3n) is 7.15. The van der Waals surface area contributed by atoms with E-state index in [-0.39, 0.29) is 46.1 Å². The van der Waals surface area contributed by atoms with E-state index in [0.29, 0.717) is 22.7 Å². The Labute approximate surface area is 243 Å². The van der Waals surface area contributed by atoms with Gasteiger partial charge in [-0.25, -0.2) is 4.98 Å². The molecule has 0 saturated heterocycles. The minimum atomic E-state index is -0.688. The van der Waals surface area contributed by atoms with Crippen molar-refractivity contribution in [3.05, 3.63) is 70.4 Å². The number of carbonyl (C=O) groups excluding carboxylic acids is 2. The fraction of sp³-hybridized carbons (Fsp3) is 0.414. The Balaban J connectivity index is 1.49. The zero-order valence-electron chi connectivity index (χ0n) is 24.3. The first-order valence-electron chi connectivity index (χ1n) is 13.0. The van der Waals surface area contributed by atoms with E-state index in [0.717, 1.165) is 17.5 Å². The first-order valence-corrected chi connectivity index (χ1v) is 13.8. The van der Waals surface area contributed by atoms with Gasteiger partial charge in [0, 0.05) is 11.3 Å². The van der Waals surface area contributed by atoms with Gasteiger partial charge in [0.1, 0.15) is 25.2 Å². The molecule has 1 amide bonds. The van der Waals surface area contributed by atoms with E-state index in [1.54, 1.807) is 48.5 Å². The van der Waals surface area contributed by atoms with E-state index < -0.39 is 10.3 Å². The zero-order valence-corrected chi connectivity index (χ0v) is 25.1. The van der Waals surface area contributed by atoms with Crippen molar-refractivity contribution in [3.8, 4) is 5.75 Å². The molecule has 0 aliphatic heterocycles. The molecule has 3 rings (SSSR count). The summed E-state index contributed by atoms with van der Waals surface area (Å²) in [5.41, 5.74) is 0.215. The molecule has 12 heteroatoms. The SMILES string of the molecule is CC(C)(C)C(C)(C(=O)OCCOc1ccc(C(=O)Nc2ccc(N=Nc3ncc([N+](=O)[O-])s3)cc2)cc1)C(C)(C)C. The second-order valence-corrected chi connectivity index (χ2v) is 12.6. The molecular weight excluding hydrogens is 546 g/mol. The van der Waals surface area contributed by atoms with Crippen LogP contribution in [0, 0.1) is 26.4 Å². The van der Waals surface area contributed by atoms with Crippen LogP contribution in [0.15, 0.2) is 65.0 Å². The molecule has 218 valence electrons. The molecule has 2 aromatic carbocycles. The van der Waals surface area contributed by atoms with Gasteiger partial charge in [-0.15, -0.1) is 10.2 Å². The summed E-state index contributed by atoms with van der Waals surface area (Å²) in [6.07, 6.45) is 1.13. The molecule has 0 atom stereocenters. The maximum Gasteiger partial charge on any atom is 0.345 e. The molecule has 1 N–H and O–H groups in total. The molecule has 0 saturated carbocycles. The summed E-state index contributed by atoms with van der Waals surface area (Å²) < 4.78 is 11.3. The Morgan fingerprint density at radius 2 is 1.54 bits per heavy atom. The van der Waals surface area contributed by atoms with E-state index in [9.17, 15) is 19.7 Å². The van der Waals surface area contributed by atoms with Gasteiger partial charge in [0.2, 0.25) is 5.13 Å². The fourth-order valence-corrected chi connectivity index (χ4v) is 4.73. The lowest BCUT2D eigenvalue weighted by atomic mass is 9.55. The lowest BCUT2D eigenvalue weighted by Gasteiger charge is -2.48. The van der Waals surface area contributed by atoms with Crippen LogP contribution < -0.4 is 10.1 Å². The van der Waals surface area contributed by atoms with E-state index in [2.05, 4.69) is 20.5 Å². The Morgan fingerprint density at radius 1 is 0.927 bits per heavy atom. The number of carbonyl (C=O) groups is 2. The molecule has 0 aliphatic carbocycles. The summed E-state index contributed by atoms with van der Waals surface area (Å²) in [6.45, 7) is 14.5. The average molecular weight is 582 g/mol. The van der Waals surface area contributed by atoms with Gasteiger partial charge in [-0.1, -0.05) is 41.5 Å². The summed E-state index contributed by atoms with van der Waals surface area (Å²) in [7, 11) is 0. The first-order chi connectivity index (χ1) is 19.1. The summed E-state index contributed by atoms with van der Waals surface area (Å²) in [5.74, 6) is -0.0131. The summed E-state index contributed by atoms with van der Waals surface area (Å²) in [6, 6.07) is 13.3. The Morgan fingerprint density at radius 3 is 2.07 bits per heavy atom. The number of thiazole rings is 1. The number of azo groups is 1. The second kappa shape index (κ2) is 12.5. The Hall–Kier alpha value is -4.19. The Kier molecular flexibility index (Phi) is 9.59. The molecule has 0 aliphatic rings. The molecule has 0 unspecified atom stereocenters. The van der Waals surface area contributed by atoms with Crippen LogP contribution in [0.25, 0.3) is 0 Å². The van der Waals surface area contributed by atoms with Crippen molar-refractivity contribution in [1.29, 1.82) is 0 Å². The van der Waals surface area contributed by atoms with Gasteiger partial charge in [0.15, 0.2) is 0 Å². The topological polar surface area (TPSA) is 145 Å². The standard InChI is InChI=1S/C29H35N5O6S/c1-27(2,3)29(7,28(4,5)6)25(36)40-17-16-39-22-14-8-19(9-15-22)24(35)31-20-10-12-21(13-11-20)32-33-26-30-18-23(41-26)34(37)38/h8-15,18H,16-17H2,1-7H3,(H,31,35). The van der Waals surface area contributed by atoms with Crippen molar-refractivity contribution in [3.63, 3.8) is 0 Å². The number of nitro groups is 1. The molecule has 3 aromatic rings. The fourth-order valence-electron chi connectivity index (χ4n) is 4.18. The number of nitrogens with zero attached hydrogens (tertiary/aromatic N) is 4. The van der Waals surface area contributed by atoms with Crippen molar-refractivity contribution < 1.29 is 24.0 Å². The van der Waals surface area contributed by atoms with Crippen molar-refractivity contribution in [1.82, 2.24) is 4.98 Å². The van der Waals surface area contributed by atoms with Crippen LogP contribution in [0.1, 0.15) is 58.8 Å². The minimum Gasteiger partial charge on any atom is -0.490 e. The summed E-state index contributed by atoms with van der Waals surface area (Å²) >= 11 is 0.823. The molecule has 0 radical (unpaired) electrons. The molecule has 11 nitrogen and oxygen atoms in total. The highest BCUT2D eigenvalue weighted by Crippen LogP contribution is 2.52. The molecular formula is C29H35N5O6S. The monoisotopic (exact) mass is 581 g/mol. The van der Waals surface area contributed by atoms with E-state index in [1.165, 1.54) is 0 Å². The first kappa shape index (κ1) is 31.3. The van der Waals surface area contributed by atoms with Crippen LogP contribution in [0.4, 0.5) is 21.5 Å². The van der Waals surface area contributed by atoms with Crippen LogP contribution in [-0.4, -0.2) is 35.0 Å². The van der Waals surface area contributed by atoms with Crippen LogP contribution in [0.5, 0.6) is 5.75 Å². The van der Waals surface area contributed by atoms with E-state index >= 15 is 0 Å². The van der Waals surface area contributed by atoms with Crippen molar-refractivity contribution >= 4 is 44.7 Å².